The van der Waals surface area contributed by atoms with Crippen molar-refractivity contribution in [2.45, 2.75) is 13.2 Å². The van der Waals surface area contributed by atoms with Crippen molar-refractivity contribution in [1.29, 1.82) is 5.26 Å². The molecule has 5 heteroatoms. The molecular formula is C19H17N3O2. The molecule has 0 aliphatic carbocycles. The lowest BCUT2D eigenvalue weighted by atomic mass is 10.1. The largest absolute Gasteiger partial charge is 0.497 e. The van der Waals surface area contributed by atoms with E-state index in [1.807, 2.05) is 53.2 Å². The number of benzene rings is 2. The van der Waals surface area contributed by atoms with Gasteiger partial charge in [-0.1, -0.05) is 24.3 Å². The Kier molecular flexibility index (Phi) is 4.59. The van der Waals surface area contributed by atoms with Crippen molar-refractivity contribution in [3.05, 3.63) is 71.4 Å². The van der Waals surface area contributed by atoms with E-state index in [0.29, 0.717) is 17.8 Å². The fourth-order valence-electron chi connectivity index (χ4n) is 2.55. The third-order valence-electron chi connectivity index (χ3n) is 3.77. The van der Waals surface area contributed by atoms with Gasteiger partial charge in [0.1, 0.15) is 5.75 Å². The Morgan fingerprint density at radius 1 is 1.17 bits per heavy atom. The van der Waals surface area contributed by atoms with E-state index in [1.165, 1.54) is 0 Å². The highest BCUT2D eigenvalue weighted by Gasteiger charge is 2.11. The molecule has 120 valence electrons. The molecule has 0 amide bonds. The van der Waals surface area contributed by atoms with E-state index in [-0.39, 0.29) is 6.61 Å². The molecule has 3 rings (SSSR count). The molecule has 0 spiro atoms. The van der Waals surface area contributed by atoms with E-state index in [9.17, 15) is 5.11 Å². The second kappa shape index (κ2) is 6.99. The molecule has 0 aliphatic heterocycles. The minimum atomic E-state index is -0.124. The van der Waals surface area contributed by atoms with Crippen molar-refractivity contribution in [1.82, 2.24) is 9.78 Å². The van der Waals surface area contributed by atoms with Crippen molar-refractivity contribution in [2.24, 2.45) is 0 Å². The summed E-state index contributed by atoms with van der Waals surface area (Å²) in [7, 11) is 1.64. The molecule has 24 heavy (non-hydrogen) atoms. The Balaban J connectivity index is 1.97. The number of aliphatic hydroxyl groups excluding tert-OH is 1. The summed E-state index contributed by atoms with van der Waals surface area (Å²) in [6.45, 7) is 0.441. The molecule has 1 aromatic heterocycles. The fourth-order valence-corrected chi connectivity index (χ4v) is 2.55. The van der Waals surface area contributed by atoms with Crippen LogP contribution in [0.25, 0.3) is 11.3 Å². The van der Waals surface area contributed by atoms with Crippen LogP contribution in [0.3, 0.4) is 0 Å². The van der Waals surface area contributed by atoms with Gasteiger partial charge in [-0.2, -0.15) is 10.4 Å². The molecule has 3 aromatic rings. The first-order chi connectivity index (χ1) is 11.7. The van der Waals surface area contributed by atoms with Gasteiger partial charge in [0.05, 0.1) is 43.3 Å². The van der Waals surface area contributed by atoms with Gasteiger partial charge in [-0.15, -0.1) is 0 Å². The highest BCUT2D eigenvalue weighted by molar-refractivity contribution is 5.62. The zero-order valence-corrected chi connectivity index (χ0v) is 13.3. The average Bonchev–Trinajstić information content (AvgIpc) is 3.05. The normalized spacial score (nSPS) is 10.4. The Labute approximate surface area is 140 Å². The number of aliphatic hydroxyl groups is 1. The number of ether oxygens (including phenoxy) is 1. The number of methoxy groups -OCH3 is 1. The van der Waals surface area contributed by atoms with Gasteiger partial charge in [-0.3, -0.25) is 4.68 Å². The molecule has 0 bridgehead atoms. The van der Waals surface area contributed by atoms with Crippen molar-refractivity contribution < 1.29 is 9.84 Å². The van der Waals surface area contributed by atoms with Crippen LogP contribution in [0.5, 0.6) is 5.75 Å². The van der Waals surface area contributed by atoms with Crippen LogP contribution in [0.4, 0.5) is 0 Å². The van der Waals surface area contributed by atoms with E-state index in [1.54, 1.807) is 13.2 Å². The van der Waals surface area contributed by atoms with Gasteiger partial charge < -0.3 is 9.84 Å². The van der Waals surface area contributed by atoms with Crippen molar-refractivity contribution in [3.63, 3.8) is 0 Å². The molecule has 0 unspecified atom stereocenters. The van der Waals surface area contributed by atoms with Crippen LogP contribution in [0.15, 0.2) is 54.6 Å². The average molecular weight is 319 g/mol. The number of aromatic nitrogens is 2. The molecule has 1 N–H and O–H groups in total. The summed E-state index contributed by atoms with van der Waals surface area (Å²) in [5.41, 5.74) is 4.03. The number of hydrogen-bond donors (Lipinski definition) is 1. The first kappa shape index (κ1) is 15.8. The topological polar surface area (TPSA) is 71.1 Å². The quantitative estimate of drug-likeness (QED) is 0.785. The second-order valence-electron chi connectivity index (χ2n) is 5.38. The Hall–Kier alpha value is -3.10. The molecule has 0 radical (unpaired) electrons. The highest BCUT2D eigenvalue weighted by Crippen LogP contribution is 2.23. The van der Waals surface area contributed by atoms with Gasteiger partial charge in [-0.05, 0) is 35.9 Å². The third kappa shape index (κ3) is 3.29. The summed E-state index contributed by atoms with van der Waals surface area (Å²) in [6.07, 6.45) is 0. The molecule has 0 atom stereocenters. The summed E-state index contributed by atoms with van der Waals surface area (Å²) in [5, 5.41) is 23.0. The van der Waals surface area contributed by atoms with Crippen LogP contribution in [0, 0.1) is 11.3 Å². The van der Waals surface area contributed by atoms with Gasteiger partial charge >= 0.3 is 0 Å². The van der Waals surface area contributed by atoms with E-state index in [0.717, 1.165) is 22.6 Å². The summed E-state index contributed by atoms with van der Waals surface area (Å²) >= 11 is 0. The monoisotopic (exact) mass is 319 g/mol. The first-order valence-corrected chi connectivity index (χ1v) is 7.54. The molecule has 2 aromatic carbocycles. The number of rotatable bonds is 5. The summed E-state index contributed by atoms with van der Waals surface area (Å²) in [5.74, 6) is 0.803. The predicted molar refractivity (Wildman–Crippen MR) is 90.4 cm³/mol. The highest BCUT2D eigenvalue weighted by atomic mass is 16.5. The van der Waals surface area contributed by atoms with Crippen LogP contribution in [-0.4, -0.2) is 22.0 Å². The lowest BCUT2D eigenvalue weighted by Gasteiger charge is -2.09. The van der Waals surface area contributed by atoms with Crippen molar-refractivity contribution >= 4 is 0 Å². The Bertz CT molecular complexity index is 876. The van der Waals surface area contributed by atoms with Gasteiger partial charge in [0.15, 0.2) is 0 Å². The van der Waals surface area contributed by atoms with Crippen LogP contribution in [-0.2, 0) is 13.2 Å². The molecule has 0 aliphatic rings. The fraction of sp³-hybridized carbons (Fsp3) is 0.158. The molecule has 1 heterocycles. The SMILES string of the molecule is COc1ccc(Cn2nc(CO)cc2-c2cccc(C#N)c2)cc1. The number of nitrogens with zero attached hydrogens (tertiary/aromatic N) is 3. The van der Waals surface area contributed by atoms with Crippen LogP contribution in [0.2, 0.25) is 0 Å². The van der Waals surface area contributed by atoms with E-state index >= 15 is 0 Å². The standard InChI is InChI=1S/C19H17N3O2/c1-24-18-7-5-14(6-8-18)12-22-19(10-17(13-23)21-22)16-4-2-3-15(9-16)11-20/h2-10,23H,12-13H2,1H3. The second-order valence-corrected chi connectivity index (χ2v) is 5.38. The summed E-state index contributed by atoms with van der Waals surface area (Å²) < 4.78 is 7.01. The number of nitriles is 1. The zero-order valence-electron chi connectivity index (χ0n) is 13.3. The number of hydrogen-bond acceptors (Lipinski definition) is 4. The van der Waals surface area contributed by atoms with Crippen LogP contribution >= 0.6 is 0 Å². The molecular weight excluding hydrogens is 302 g/mol. The minimum Gasteiger partial charge on any atom is -0.497 e. The summed E-state index contributed by atoms with van der Waals surface area (Å²) in [4.78, 5) is 0. The Morgan fingerprint density at radius 2 is 1.96 bits per heavy atom. The van der Waals surface area contributed by atoms with E-state index in [4.69, 9.17) is 10.00 Å². The van der Waals surface area contributed by atoms with Crippen molar-refractivity contribution in [2.75, 3.05) is 7.11 Å². The molecule has 0 saturated carbocycles. The Morgan fingerprint density at radius 3 is 2.62 bits per heavy atom. The maximum atomic E-state index is 9.41. The van der Waals surface area contributed by atoms with Gasteiger partial charge in [0.25, 0.3) is 0 Å². The van der Waals surface area contributed by atoms with Crippen molar-refractivity contribution in [3.8, 4) is 23.1 Å². The lowest BCUT2D eigenvalue weighted by Crippen LogP contribution is -2.04. The molecule has 0 saturated heterocycles. The van der Waals surface area contributed by atoms with E-state index < -0.39 is 0 Å². The van der Waals surface area contributed by atoms with Gasteiger partial charge in [0, 0.05) is 5.56 Å². The lowest BCUT2D eigenvalue weighted by molar-refractivity contribution is 0.275. The third-order valence-corrected chi connectivity index (χ3v) is 3.77. The molecule has 0 fully saturated rings. The van der Waals surface area contributed by atoms with Gasteiger partial charge in [0.2, 0.25) is 0 Å². The van der Waals surface area contributed by atoms with Crippen LogP contribution < -0.4 is 4.74 Å². The maximum absolute atomic E-state index is 9.41. The first-order valence-electron chi connectivity index (χ1n) is 7.54. The summed E-state index contributed by atoms with van der Waals surface area (Å²) in [6, 6.07) is 19.1. The van der Waals surface area contributed by atoms with Gasteiger partial charge in [-0.25, -0.2) is 0 Å². The smallest absolute Gasteiger partial charge is 0.118 e. The van der Waals surface area contributed by atoms with Crippen LogP contribution in [0.1, 0.15) is 16.8 Å². The maximum Gasteiger partial charge on any atom is 0.118 e. The zero-order chi connectivity index (χ0) is 16.9. The molecule has 5 nitrogen and oxygen atoms in total. The predicted octanol–water partition coefficient (Wildman–Crippen LogP) is 2.97. The minimum absolute atomic E-state index is 0.124. The van der Waals surface area contributed by atoms with E-state index in [2.05, 4.69) is 11.2 Å².